The van der Waals surface area contributed by atoms with Gasteiger partial charge in [0.15, 0.2) is 0 Å². The highest BCUT2D eigenvalue weighted by molar-refractivity contribution is 5.10. The molecule has 0 aromatic rings. The van der Waals surface area contributed by atoms with Gasteiger partial charge in [0.2, 0.25) is 0 Å². The first-order valence-electron chi connectivity index (χ1n) is 3.18. The van der Waals surface area contributed by atoms with Crippen LogP contribution in [0.25, 0.3) is 0 Å². The van der Waals surface area contributed by atoms with Crippen molar-refractivity contribution in [3.05, 3.63) is 12.2 Å². The first-order chi connectivity index (χ1) is 4.63. The quantitative estimate of drug-likeness (QED) is 0.294. The lowest BCUT2D eigenvalue weighted by Gasteiger charge is -2.28. The summed E-state index contributed by atoms with van der Waals surface area (Å²) in [5.74, 6) is 0. The van der Waals surface area contributed by atoms with Gasteiger partial charge in [0.1, 0.15) is 12.2 Å². The number of aliphatic hydroxyl groups excluding tert-OH is 2. The van der Waals surface area contributed by atoms with Crippen molar-refractivity contribution in [1.29, 1.82) is 0 Å². The predicted molar refractivity (Wildman–Crippen MR) is 37.1 cm³/mol. The van der Waals surface area contributed by atoms with Gasteiger partial charge in [-0.25, -0.2) is 0 Å². The molecule has 1 rings (SSSR count). The fourth-order valence-electron chi connectivity index (χ4n) is 0.940. The lowest BCUT2D eigenvalue weighted by molar-refractivity contribution is 0.000619. The van der Waals surface area contributed by atoms with Gasteiger partial charge >= 0.3 is 0 Å². The van der Waals surface area contributed by atoms with E-state index in [1.807, 2.05) is 0 Å². The lowest BCUT2D eigenvalue weighted by Crippen LogP contribution is -2.52. The number of aliphatic hydroxyl groups is 2. The van der Waals surface area contributed by atoms with E-state index in [1.165, 1.54) is 0 Å². The minimum Gasteiger partial charge on any atom is -0.388 e. The van der Waals surface area contributed by atoms with E-state index in [4.69, 9.17) is 21.7 Å². The number of rotatable bonds is 0. The fraction of sp³-hybridized carbons (Fsp3) is 0.667. The van der Waals surface area contributed by atoms with Crippen molar-refractivity contribution in [3.63, 3.8) is 0 Å². The van der Waals surface area contributed by atoms with Crippen LogP contribution in [-0.4, -0.2) is 34.5 Å². The van der Waals surface area contributed by atoms with E-state index in [1.54, 1.807) is 12.2 Å². The molecule has 0 amide bonds. The van der Waals surface area contributed by atoms with E-state index in [0.29, 0.717) is 0 Å². The second kappa shape index (κ2) is 2.67. The molecule has 0 aromatic heterocycles. The van der Waals surface area contributed by atoms with E-state index >= 15 is 0 Å². The Morgan fingerprint density at radius 1 is 0.900 bits per heavy atom. The maximum Gasteiger partial charge on any atom is 0.100 e. The molecule has 4 atom stereocenters. The van der Waals surface area contributed by atoms with E-state index in [-0.39, 0.29) is 0 Å². The van der Waals surface area contributed by atoms with Gasteiger partial charge in [0.25, 0.3) is 0 Å². The summed E-state index contributed by atoms with van der Waals surface area (Å²) in [5, 5.41) is 18.2. The van der Waals surface area contributed by atoms with Crippen molar-refractivity contribution >= 4 is 0 Å². The zero-order valence-corrected chi connectivity index (χ0v) is 5.51. The third-order valence-corrected chi connectivity index (χ3v) is 1.69. The largest absolute Gasteiger partial charge is 0.388 e. The zero-order valence-electron chi connectivity index (χ0n) is 5.51. The van der Waals surface area contributed by atoms with E-state index in [9.17, 15) is 0 Å². The van der Waals surface area contributed by atoms with Gasteiger partial charge < -0.3 is 21.7 Å². The third kappa shape index (κ3) is 1.19. The summed E-state index contributed by atoms with van der Waals surface area (Å²) in [6.07, 6.45) is 1.34. The molecule has 6 N–H and O–H groups in total. The summed E-state index contributed by atoms with van der Waals surface area (Å²) >= 11 is 0. The van der Waals surface area contributed by atoms with Gasteiger partial charge in [-0.2, -0.15) is 0 Å². The summed E-state index contributed by atoms with van der Waals surface area (Å²) in [6.45, 7) is 0. The number of hydrogen-bond acceptors (Lipinski definition) is 4. The van der Waals surface area contributed by atoms with Crippen LogP contribution in [0.4, 0.5) is 0 Å². The molecular weight excluding hydrogens is 132 g/mol. The van der Waals surface area contributed by atoms with Gasteiger partial charge in [-0.05, 0) is 0 Å². The SMILES string of the molecule is N[C@@H]1C=C[C@H](N)[C@@H](O)[C@H]1O. The Kier molecular flexibility index (Phi) is 2.05. The first-order valence-corrected chi connectivity index (χ1v) is 3.18. The maximum atomic E-state index is 9.11. The van der Waals surface area contributed by atoms with Crippen LogP contribution < -0.4 is 11.5 Å². The van der Waals surface area contributed by atoms with Gasteiger partial charge in [-0.15, -0.1) is 0 Å². The zero-order chi connectivity index (χ0) is 7.72. The summed E-state index contributed by atoms with van der Waals surface area (Å²) < 4.78 is 0. The minimum absolute atomic E-state index is 0.491. The monoisotopic (exact) mass is 144 g/mol. The van der Waals surface area contributed by atoms with Crippen LogP contribution >= 0.6 is 0 Å². The molecule has 0 heterocycles. The summed E-state index contributed by atoms with van der Waals surface area (Å²) in [4.78, 5) is 0. The Morgan fingerprint density at radius 2 is 1.20 bits per heavy atom. The molecule has 0 aliphatic heterocycles. The molecule has 0 radical (unpaired) electrons. The number of hydrogen-bond donors (Lipinski definition) is 4. The Hall–Kier alpha value is -0.420. The van der Waals surface area contributed by atoms with Gasteiger partial charge in [-0.1, -0.05) is 12.2 Å². The van der Waals surface area contributed by atoms with Crippen molar-refractivity contribution in [2.75, 3.05) is 0 Å². The van der Waals surface area contributed by atoms with Crippen LogP contribution in [0, 0.1) is 0 Å². The van der Waals surface area contributed by atoms with Crippen molar-refractivity contribution in [2.24, 2.45) is 11.5 Å². The molecule has 0 fully saturated rings. The number of nitrogens with two attached hydrogens (primary N) is 2. The van der Waals surface area contributed by atoms with Crippen molar-refractivity contribution in [1.82, 2.24) is 0 Å². The van der Waals surface area contributed by atoms with Crippen LogP contribution in [0.1, 0.15) is 0 Å². The molecule has 4 nitrogen and oxygen atoms in total. The van der Waals surface area contributed by atoms with Crippen molar-refractivity contribution < 1.29 is 10.2 Å². The third-order valence-electron chi connectivity index (χ3n) is 1.69. The van der Waals surface area contributed by atoms with Gasteiger partial charge in [0.05, 0.1) is 12.1 Å². The molecule has 10 heavy (non-hydrogen) atoms. The van der Waals surface area contributed by atoms with Crippen LogP contribution in [0.15, 0.2) is 12.2 Å². The smallest absolute Gasteiger partial charge is 0.100 e. The Morgan fingerprint density at radius 3 is 1.50 bits per heavy atom. The summed E-state index contributed by atoms with van der Waals surface area (Å²) in [6, 6.07) is -0.982. The first kappa shape index (κ1) is 7.68. The molecule has 58 valence electrons. The minimum atomic E-state index is -0.931. The maximum absolute atomic E-state index is 9.11. The van der Waals surface area contributed by atoms with E-state index in [2.05, 4.69) is 0 Å². The molecule has 0 unspecified atom stereocenters. The van der Waals surface area contributed by atoms with Crippen LogP contribution in [0.5, 0.6) is 0 Å². The predicted octanol–water partition coefficient (Wildman–Crippen LogP) is -2.07. The molecular formula is C6H12N2O2. The van der Waals surface area contributed by atoms with Crippen LogP contribution in [0.3, 0.4) is 0 Å². The average Bonchev–Trinajstić information content (AvgIpc) is 1.93. The van der Waals surface area contributed by atoms with Crippen LogP contribution in [0.2, 0.25) is 0 Å². The standard InChI is InChI=1S/C6H12N2O2/c7-3-1-2-4(8)6(10)5(3)9/h1-6,9-10H,7-8H2/t3-,4+,5+,6-. The molecule has 0 aromatic carbocycles. The fourth-order valence-corrected chi connectivity index (χ4v) is 0.940. The van der Waals surface area contributed by atoms with Gasteiger partial charge in [-0.3, -0.25) is 0 Å². The Labute approximate surface area is 59.1 Å². The molecule has 4 heteroatoms. The second-order valence-corrected chi connectivity index (χ2v) is 2.52. The topological polar surface area (TPSA) is 92.5 Å². The highest BCUT2D eigenvalue weighted by atomic mass is 16.3. The Balaban J connectivity index is 2.69. The van der Waals surface area contributed by atoms with Gasteiger partial charge in [0, 0.05) is 0 Å². The molecule has 0 spiro atoms. The molecule has 1 aliphatic carbocycles. The second-order valence-electron chi connectivity index (χ2n) is 2.52. The summed E-state index contributed by atoms with van der Waals surface area (Å²) in [5.41, 5.74) is 10.8. The lowest BCUT2D eigenvalue weighted by atomic mass is 9.94. The molecule has 0 saturated carbocycles. The Bertz CT molecular complexity index is 133. The molecule has 1 aliphatic rings. The van der Waals surface area contributed by atoms with Crippen molar-refractivity contribution in [2.45, 2.75) is 24.3 Å². The highest BCUT2D eigenvalue weighted by Gasteiger charge is 2.29. The molecule has 0 bridgehead atoms. The highest BCUT2D eigenvalue weighted by Crippen LogP contribution is 2.09. The average molecular weight is 144 g/mol. The van der Waals surface area contributed by atoms with Crippen molar-refractivity contribution in [3.8, 4) is 0 Å². The van der Waals surface area contributed by atoms with Crippen LogP contribution in [-0.2, 0) is 0 Å². The summed E-state index contributed by atoms with van der Waals surface area (Å²) in [7, 11) is 0. The van der Waals surface area contributed by atoms with E-state index in [0.717, 1.165) is 0 Å². The molecule has 0 saturated heterocycles. The normalized spacial score (nSPS) is 47.6. The van der Waals surface area contributed by atoms with E-state index < -0.39 is 24.3 Å².